The molecule has 1 unspecified atom stereocenters. The largest absolute Gasteiger partial charge is 0.316 e. The summed E-state index contributed by atoms with van der Waals surface area (Å²) in [6.07, 6.45) is 5.78. The third kappa shape index (κ3) is 2.76. The molecule has 2 N–H and O–H groups in total. The number of hydrogen-bond donors (Lipinski definition) is 2. The van der Waals surface area contributed by atoms with Crippen LogP contribution in [0.1, 0.15) is 42.7 Å². The molecule has 2 aliphatic rings. The zero-order chi connectivity index (χ0) is 12.2. The Morgan fingerprint density at radius 2 is 2.11 bits per heavy atom. The van der Waals surface area contributed by atoms with Gasteiger partial charge in [0.2, 0.25) is 0 Å². The van der Waals surface area contributed by atoms with E-state index < -0.39 is 0 Å². The van der Waals surface area contributed by atoms with Crippen LogP contribution in [0.3, 0.4) is 0 Å². The molecule has 0 amide bonds. The average molecular weight is 244 g/mol. The molecule has 18 heavy (non-hydrogen) atoms. The Bertz CT molecular complexity index is 384. The predicted octanol–water partition coefficient (Wildman–Crippen LogP) is 2.65. The molecule has 1 fully saturated rings. The van der Waals surface area contributed by atoms with Gasteiger partial charge >= 0.3 is 0 Å². The number of nitrogens with one attached hydrogen (secondary N) is 2. The second kappa shape index (κ2) is 5.85. The summed E-state index contributed by atoms with van der Waals surface area (Å²) in [6, 6.07) is 8.87. The Hall–Kier alpha value is -0.860. The van der Waals surface area contributed by atoms with Crippen LogP contribution in [-0.2, 0) is 6.54 Å². The van der Waals surface area contributed by atoms with Crippen LogP contribution in [0.2, 0.25) is 0 Å². The van der Waals surface area contributed by atoms with E-state index in [1.165, 1.54) is 37.8 Å². The fraction of sp³-hybridized carbons (Fsp3) is 0.625. The molecule has 1 aliphatic heterocycles. The standard InChI is InChI=1S/C16H24N2/c1-2-7-16-14(6-1)10-18-12-15(16)11-17-9-8-13-4-3-5-13/h1-2,6-7,13,15,17-18H,3-5,8-12H2. The van der Waals surface area contributed by atoms with Gasteiger partial charge in [0.1, 0.15) is 0 Å². The molecule has 1 aromatic carbocycles. The van der Waals surface area contributed by atoms with Crippen LogP contribution >= 0.6 is 0 Å². The van der Waals surface area contributed by atoms with Crippen molar-refractivity contribution in [3.8, 4) is 0 Å². The van der Waals surface area contributed by atoms with E-state index in [-0.39, 0.29) is 0 Å². The maximum absolute atomic E-state index is 3.66. The Kier molecular flexibility index (Phi) is 3.96. The van der Waals surface area contributed by atoms with Gasteiger partial charge < -0.3 is 10.6 Å². The normalized spacial score (nSPS) is 23.4. The van der Waals surface area contributed by atoms with Crippen molar-refractivity contribution < 1.29 is 0 Å². The van der Waals surface area contributed by atoms with Gasteiger partial charge in [0.05, 0.1) is 0 Å². The zero-order valence-electron chi connectivity index (χ0n) is 11.1. The van der Waals surface area contributed by atoms with Gasteiger partial charge in [-0.3, -0.25) is 0 Å². The predicted molar refractivity (Wildman–Crippen MR) is 75.7 cm³/mol. The van der Waals surface area contributed by atoms with E-state index in [1.54, 1.807) is 5.56 Å². The first-order valence-corrected chi connectivity index (χ1v) is 7.43. The van der Waals surface area contributed by atoms with Gasteiger partial charge in [-0.1, -0.05) is 43.5 Å². The van der Waals surface area contributed by atoms with Gasteiger partial charge in [-0.2, -0.15) is 0 Å². The maximum atomic E-state index is 3.66. The van der Waals surface area contributed by atoms with Crippen molar-refractivity contribution in [1.29, 1.82) is 0 Å². The van der Waals surface area contributed by atoms with Gasteiger partial charge in [0.25, 0.3) is 0 Å². The molecule has 98 valence electrons. The SMILES string of the molecule is c1ccc2c(c1)CNCC2CNCCC1CCC1. The van der Waals surface area contributed by atoms with Gasteiger partial charge in [0.15, 0.2) is 0 Å². The lowest BCUT2D eigenvalue weighted by Crippen LogP contribution is -2.35. The van der Waals surface area contributed by atoms with Crippen LogP contribution in [0.25, 0.3) is 0 Å². The summed E-state index contributed by atoms with van der Waals surface area (Å²) in [5.41, 5.74) is 3.03. The molecule has 0 spiro atoms. The minimum Gasteiger partial charge on any atom is -0.316 e. The third-order valence-electron chi connectivity index (χ3n) is 4.55. The summed E-state index contributed by atoms with van der Waals surface area (Å²) in [7, 11) is 0. The van der Waals surface area contributed by atoms with Gasteiger partial charge in [-0.05, 0) is 30.0 Å². The van der Waals surface area contributed by atoms with Crippen LogP contribution in [0.5, 0.6) is 0 Å². The minimum absolute atomic E-state index is 0.649. The zero-order valence-corrected chi connectivity index (χ0v) is 11.1. The first-order chi connectivity index (χ1) is 8.93. The number of benzene rings is 1. The molecule has 1 atom stereocenters. The fourth-order valence-corrected chi connectivity index (χ4v) is 3.13. The summed E-state index contributed by atoms with van der Waals surface area (Å²) < 4.78 is 0. The summed E-state index contributed by atoms with van der Waals surface area (Å²) in [5, 5.41) is 7.18. The second-order valence-electron chi connectivity index (χ2n) is 5.82. The fourth-order valence-electron chi connectivity index (χ4n) is 3.13. The molecular formula is C16H24N2. The lowest BCUT2D eigenvalue weighted by Gasteiger charge is -2.28. The molecule has 1 saturated carbocycles. The molecule has 2 nitrogen and oxygen atoms in total. The topological polar surface area (TPSA) is 24.1 Å². The lowest BCUT2D eigenvalue weighted by molar-refractivity contribution is 0.291. The summed E-state index contributed by atoms with van der Waals surface area (Å²) in [4.78, 5) is 0. The molecule has 1 aliphatic carbocycles. The highest BCUT2D eigenvalue weighted by Crippen LogP contribution is 2.29. The average Bonchev–Trinajstić information content (AvgIpc) is 2.36. The molecule has 0 saturated heterocycles. The second-order valence-corrected chi connectivity index (χ2v) is 5.82. The molecule has 1 heterocycles. The van der Waals surface area contributed by atoms with Crippen LogP contribution < -0.4 is 10.6 Å². The molecule has 2 heteroatoms. The Balaban J connectivity index is 1.47. The number of rotatable bonds is 5. The van der Waals surface area contributed by atoms with Crippen LogP contribution in [0.15, 0.2) is 24.3 Å². The molecular weight excluding hydrogens is 220 g/mol. The van der Waals surface area contributed by atoms with E-state index in [0.717, 1.165) is 25.6 Å². The highest BCUT2D eigenvalue weighted by molar-refractivity contribution is 5.32. The summed E-state index contributed by atoms with van der Waals surface area (Å²) in [6.45, 7) is 4.47. The molecule has 0 aromatic heterocycles. The quantitative estimate of drug-likeness (QED) is 0.778. The molecule has 0 radical (unpaired) electrons. The maximum Gasteiger partial charge on any atom is 0.0208 e. The lowest BCUT2D eigenvalue weighted by atomic mass is 9.83. The van der Waals surface area contributed by atoms with E-state index in [0.29, 0.717) is 5.92 Å². The van der Waals surface area contributed by atoms with E-state index in [9.17, 15) is 0 Å². The van der Waals surface area contributed by atoms with Crippen molar-refractivity contribution in [2.75, 3.05) is 19.6 Å². The summed E-state index contributed by atoms with van der Waals surface area (Å²) >= 11 is 0. The van der Waals surface area contributed by atoms with E-state index in [2.05, 4.69) is 34.9 Å². The van der Waals surface area contributed by atoms with Crippen molar-refractivity contribution in [1.82, 2.24) is 10.6 Å². The molecule has 1 aromatic rings. The van der Waals surface area contributed by atoms with Crippen LogP contribution in [-0.4, -0.2) is 19.6 Å². The third-order valence-corrected chi connectivity index (χ3v) is 4.55. The van der Waals surface area contributed by atoms with Crippen molar-refractivity contribution in [3.05, 3.63) is 35.4 Å². The molecule has 0 bridgehead atoms. The van der Waals surface area contributed by atoms with E-state index in [1.807, 2.05) is 0 Å². The number of fused-ring (bicyclic) bond motifs is 1. The highest BCUT2D eigenvalue weighted by atomic mass is 14.9. The van der Waals surface area contributed by atoms with Crippen molar-refractivity contribution in [2.45, 2.75) is 38.1 Å². The number of hydrogen-bond acceptors (Lipinski definition) is 2. The van der Waals surface area contributed by atoms with Gasteiger partial charge in [-0.25, -0.2) is 0 Å². The smallest absolute Gasteiger partial charge is 0.0208 e. The van der Waals surface area contributed by atoms with Crippen molar-refractivity contribution in [2.24, 2.45) is 5.92 Å². The molecule has 3 rings (SSSR count). The van der Waals surface area contributed by atoms with Crippen molar-refractivity contribution >= 4 is 0 Å². The van der Waals surface area contributed by atoms with Crippen molar-refractivity contribution in [3.63, 3.8) is 0 Å². The highest BCUT2D eigenvalue weighted by Gasteiger charge is 2.20. The van der Waals surface area contributed by atoms with Crippen LogP contribution in [0, 0.1) is 5.92 Å². The van der Waals surface area contributed by atoms with Crippen LogP contribution in [0.4, 0.5) is 0 Å². The van der Waals surface area contributed by atoms with E-state index >= 15 is 0 Å². The van der Waals surface area contributed by atoms with Gasteiger partial charge in [-0.15, -0.1) is 0 Å². The Morgan fingerprint density at radius 1 is 1.22 bits per heavy atom. The van der Waals surface area contributed by atoms with Gasteiger partial charge in [0, 0.05) is 25.6 Å². The Labute approximate surface area is 110 Å². The minimum atomic E-state index is 0.649. The summed E-state index contributed by atoms with van der Waals surface area (Å²) in [5.74, 6) is 1.67. The Morgan fingerprint density at radius 3 is 2.94 bits per heavy atom. The first-order valence-electron chi connectivity index (χ1n) is 7.43. The first kappa shape index (κ1) is 12.2. The van der Waals surface area contributed by atoms with E-state index in [4.69, 9.17) is 0 Å². The monoisotopic (exact) mass is 244 g/mol.